The van der Waals surface area contributed by atoms with E-state index in [-0.39, 0.29) is 42.9 Å². The number of hydrogen-bond donors (Lipinski definition) is 3. The Balaban J connectivity index is 0.000000708. The number of rotatable bonds is 9. The van der Waals surface area contributed by atoms with Crippen LogP contribution in [0.1, 0.15) is 23.1 Å². The molecule has 0 spiro atoms. The van der Waals surface area contributed by atoms with Gasteiger partial charge in [0, 0.05) is 24.8 Å². The fraction of sp³-hybridized carbons (Fsp3) is 0.385. The first-order valence-corrected chi connectivity index (χ1v) is 13.1. The Morgan fingerprint density at radius 1 is 1.12 bits per heavy atom. The third-order valence-corrected chi connectivity index (χ3v) is 6.70. The van der Waals surface area contributed by atoms with Crippen LogP contribution in [0.5, 0.6) is 0 Å². The Bertz CT molecular complexity index is 1180. The third kappa shape index (κ3) is 10.5. The van der Waals surface area contributed by atoms with E-state index in [0.29, 0.717) is 23.7 Å². The molecule has 2 aromatic rings. The molecule has 1 fully saturated rings. The van der Waals surface area contributed by atoms with Crippen LogP contribution >= 0.6 is 11.8 Å². The number of carbonyl (C=O) groups excluding carboxylic acids is 3. The Morgan fingerprint density at radius 2 is 1.73 bits per heavy atom. The van der Waals surface area contributed by atoms with E-state index in [4.69, 9.17) is 15.6 Å². The minimum atomic E-state index is -5.08. The fourth-order valence-corrected chi connectivity index (χ4v) is 4.77. The van der Waals surface area contributed by atoms with Crippen molar-refractivity contribution in [2.24, 2.45) is 5.73 Å². The zero-order chi connectivity index (χ0) is 29.9. The molecule has 0 aromatic heterocycles. The molecule has 0 radical (unpaired) electrons. The number of methoxy groups -OCH3 is 1. The number of alkyl halides is 3. The van der Waals surface area contributed by atoms with Gasteiger partial charge in [-0.25, -0.2) is 9.18 Å². The second-order valence-corrected chi connectivity index (χ2v) is 9.73. The molecule has 14 heteroatoms. The second kappa shape index (κ2) is 15.2. The number of nitrogens with two attached hydrogens (primary N) is 1. The Kier molecular flexibility index (Phi) is 12.4. The number of benzene rings is 2. The van der Waals surface area contributed by atoms with E-state index < -0.39 is 24.2 Å². The van der Waals surface area contributed by atoms with Crippen molar-refractivity contribution in [3.8, 4) is 0 Å². The summed E-state index contributed by atoms with van der Waals surface area (Å²) in [5.41, 5.74) is 8.28. The SMILES string of the molecule is COC(=O)Cc1ccc(CNC(=O)[C@@H]2CSCN2C(=O)CC(N)Cc2ccccc2F)cc1.O=C(O)C(F)(F)F. The summed E-state index contributed by atoms with van der Waals surface area (Å²) >= 11 is 1.51. The molecule has 1 aliphatic heterocycles. The first-order valence-electron chi connectivity index (χ1n) is 11.9. The van der Waals surface area contributed by atoms with E-state index in [1.165, 1.54) is 24.9 Å². The summed E-state index contributed by atoms with van der Waals surface area (Å²) in [6, 6.07) is 12.6. The maximum Gasteiger partial charge on any atom is 0.490 e. The lowest BCUT2D eigenvalue weighted by molar-refractivity contribution is -0.192. The summed E-state index contributed by atoms with van der Waals surface area (Å²) in [4.78, 5) is 47.3. The summed E-state index contributed by atoms with van der Waals surface area (Å²) in [5.74, 6) is -2.91. The summed E-state index contributed by atoms with van der Waals surface area (Å²) in [5, 5.41) is 10.0. The molecule has 0 saturated carbocycles. The van der Waals surface area contributed by atoms with Gasteiger partial charge in [-0.15, -0.1) is 11.8 Å². The number of nitrogens with one attached hydrogen (secondary N) is 1. The van der Waals surface area contributed by atoms with Gasteiger partial charge in [0.05, 0.1) is 19.4 Å². The summed E-state index contributed by atoms with van der Waals surface area (Å²) in [6.45, 7) is 0.313. The van der Waals surface area contributed by atoms with Crippen molar-refractivity contribution in [3.05, 3.63) is 71.0 Å². The van der Waals surface area contributed by atoms with Crippen LogP contribution in [0.4, 0.5) is 17.6 Å². The maximum absolute atomic E-state index is 13.8. The van der Waals surface area contributed by atoms with Crippen molar-refractivity contribution >= 4 is 35.5 Å². The number of aliphatic carboxylic acids is 1. The number of halogens is 4. The molecular weight excluding hydrogens is 558 g/mol. The van der Waals surface area contributed by atoms with Gasteiger partial charge in [-0.1, -0.05) is 42.5 Å². The topological polar surface area (TPSA) is 139 Å². The molecule has 9 nitrogen and oxygen atoms in total. The molecule has 2 aromatic carbocycles. The maximum atomic E-state index is 13.8. The van der Waals surface area contributed by atoms with E-state index in [1.54, 1.807) is 23.1 Å². The molecule has 0 bridgehead atoms. The molecule has 0 aliphatic carbocycles. The number of nitrogens with zero attached hydrogens (tertiary/aromatic N) is 1. The first kappa shape index (κ1) is 32.6. The molecule has 2 amide bonds. The molecule has 3 rings (SSSR count). The third-order valence-electron chi connectivity index (χ3n) is 5.69. The lowest BCUT2D eigenvalue weighted by atomic mass is 10.0. The van der Waals surface area contributed by atoms with E-state index in [1.807, 2.05) is 24.3 Å². The van der Waals surface area contributed by atoms with Gasteiger partial charge in [-0.2, -0.15) is 13.2 Å². The van der Waals surface area contributed by atoms with Gasteiger partial charge in [-0.3, -0.25) is 14.4 Å². The lowest BCUT2D eigenvalue weighted by Crippen LogP contribution is -2.48. The number of amides is 2. The van der Waals surface area contributed by atoms with E-state index in [2.05, 4.69) is 10.1 Å². The molecule has 1 heterocycles. The van der Waals surface area contributed by atoms with Gasteiger partial charge in [0.1, 0.15) is 11.9 Å². The van der Waals surface area contributed by atoms with Crippen molar-refractivity contribution in [3.63, 3.8) is 0 Å². The highest BCUT2D eigenvalue weighted by molar-refractivity contribution is 7.99. The fourth-order valence-electron chi connectivity index (χ4n) is 3.59. The lowest BCUT2D eigenvalue weighted by Gasteiger charge is -2.24. The molecular formula is C26H29F4N3O6S. The standard InChI is InChI=1S/C24H28FN3O4S.C2HF3O2/c1-32-23(30)10-16-6-8-17(9-7-16)13-27-24(31)21-14-33-15-28(21)22(29)12-19(26)11-18-4-2-3-5-20(18)25;3-2(4,5)1(6)7/h2-9,19,21H,10-15,26H2,1H3,(H,27,31);(H,6,7)/t19?,21-;/m0./s1. The van der Waals surface area contributed by atoms with Crippen LogP contribution in [-0.4, -0.2) is 70.8 Å². The second-order valence-electron chi connectivity index (χ2n) is 8.73. The van der Waals surface area contributed by atoms with Crippen molar-refractivity contribution in [2.45, 2.75) is 44.1 Å². The summed E-state index contributed by atoms with van der Waals surface area (Å²) in [6.07, 6.45) is -4.60. The van der Waals surface area contributed by atoms with Crippen LogP contribution in [0.15, 0.2) is 48.5 Å². The van der Waals surface area contributed by atoms with Crippen molar-refractivity contribution < 1.29 is 46.6 Å². The predicted octanol–water partition coefficient (Wildman–Crippen LogP) is 2.65. The van der Waals surface area contributed by atoms with E-state index in [0.717, 1.165) is 11.1 Å². The van der Waals surface area contributed by atoms with Crippen LogP contribution in [0.2, 0.25) is 0 Å². The Hall–Kier alpha value is -3.65. The van der Waals surface area contributed by atoms with Crippen molar-refractivity contribution in [2.75, 3.05) is 18.7 Å². The van der Waals surface area contributed by atoms with Crippen molar-refractivity contribution in [1.29, 1.82) is 0 Å². The molecule has 2 atom stereocenters. The highest BCUT2D eigenvalue weighted by atomic mass is 32.2. The van der Waals surface area contributed by atoms with Gasteiger partial charge in [0.15, 0.2) is 0 Å². The summed E-state index contributed by atoms with van der Waals surface area (Å²) < 4.78 is 50.2. The van der Waals surface area contributed by atoms with Gasteiger partial charge in [0.25, 0.3) is 0 Å². The smallest absolute Gasteiger partial charge is 0.475 e. The molecule has 4 N–H and O–H groups in total. The van der Waals surface area contributed by atoms with Crippen LogP contribution in [0, 0.1) is 5.82 Å². The number of ether oxygens (including phenoxy) is 1. The Morgan fingerprint density at radius 3 is 2.30 bits per heavy atom. The van der Waals surface area contributed by atoms with Gasteiger partial charge in [0.2, 0.25) is 11.8 Å². The number of carboxylic acids is 1. The van der Waals surface area contributed by atoms with Crippen LogP contribution in [0.25, 0.3) is 0 Å². The monoisotopic (exact) mass is 587 g/mol. The molecule has 1 aliphatic rings. The Labute approximate surface area is 232 Å². The highest BCUT2D eigenvalue weighted by Crippen LogP contribution is 2.23. The number of thioether (sulfide) groups is 1. The van der Waals surface area contributed by atoms with Crippen LogP contribution in [-0.2, 0) is 43.3 Å². The first-order chi connectivity index (χ1) is 18.8. The van der Waals surface area contributed by atoms with Gasteiger partial charge >= 0.3 is 18.1 Å². The van der Waals surface area contributed by atoms with E-state index >= 15 is 0 Å². The minimum Gasteiger partial charge on any atom is -0.475 e. The van der Waals surface area contributed by atoms with Crippen LogP contribution < -0.4 is 11.1 Å². The zero-order valence-corrected chi connectivity index (χ0v) is 22.3. The molecule has 1 unspecified atom stereocenters. The average Bonchev–Trinajstić information content (AvgIpc) is 3.39. The number of carboxylic acid groups (broad SMARTS) is 1. The largest absolute Gasteiger partial charge is 0.490 e. The number of esters is 1. The van der Waals surface area contributed by atoms with Gasteiger partial charge < -0.3 is 25.8 Å². The van der Waals surface area contributed by atoms with E-state index in [9.17, 15) is 31.9 Å². The average molecular weight is 588 g/mol. The molecule has 218 valence electrons. The van der Waals surface area contributed by atoms with Crippen LogP contribution in [0.3, 0.4) is 0 Å². The quantitative estimate of drug-likeness (QED) is 0.301. The number of hydrogen-bond acceptors (Lipinski definition) is 7. The molecule has 40 heavy (non-hydrogen) atoms. The van der Waals surface area contributed by atoms with Crippen molar-refractivity contribution in [1.82, 2.24) is 10.2 Å². The van der Waals surface area contributed by atoms with Gasteiger partial charge in [-0.05, 0) is 29.2 Å². The number of carbonyl (C=O) groups is 4. The summed E-state index contributed by atoms with van der Waals surface area (Å²) in [7, 11) is 1.35. The minimum absolute atomic E-state index is 0.0420. The molecule has 1 saturated heterocycles. The normalized spacial score (nSPS) is 15.4. The predicted molar refractivity (Wildman–Crippen MR) is 138 cm³/mol. The zero-order valence-electron chi connectivity index (χ0n) is 21.4. The highest BCUT2D eigenvalue weighted by Gasteiger charge is 2.38.